The van der Waals surface area contributed by atoms with Gasteiger partial charge in [0.2, 0.25) is 0 Å². The average Bonchev–Trinajstić information content (AvgIpc) is 3.16. The third kappa shape index (κ3) is 4.02. The molecule has 1 aromatic heterocycles. The number of hydrogen-bond donors (Lipinski definition) is 2. The van der Waals surface area contributed by atoms with Crippen LogP contribution in [0.25, 0.3) is 11.0 Å². The molecule has 0 atom stereocenters. The molecule has 0 spiro atoms. The third-order valence-electron chi connectivity index (χ3n) is 4.60. The van der Waals surface area contributed by atoms with Crippen molar-refractivity contribution in [1.29, 1.82) is 0 Å². The highest BCUT2D eigenvalue weighted by Crippen LogP contribution is 2.32. The molecule has 0 aliphatic carbocycles. The van der Waals surface area contributed by atoms with Crippen LogP contribution >= 0.6 is 12.4 Å². The highest BCUT2D eigenvalue weighted by atomic mass is 35.5. The van der Waals surface area contributed by atoms with Gasteiger partial charge < -0.3 is 24.7 Å². The Morgan fingerprint density at radius 1 is 1.15 bits per heavy atom. The first-order chi connectivity index (χ1) is 12.7. The van der Waals surface area contributed by atoms with Crippen LogP contribution in [-0.2, 0) is 0 Å². The minimum absolute atomic E-state index is 0. The first kappa shape index (κ1) is 19.1. The van der Waals surface area contributed by atoms with Gasteiger partial charge in [0.15, 0.2) is 5.58 Å². The van der Waals surface area contributed by atoms with E-state index in [0.29, 0.717) is 5.56 Å². The van der Waals surface area contributed by atoms with Crippen molar-refractivity contribution in [3.8, 4) is 5.75 Å². The zero-order valence-corrected chi connectivity index (χ0v) is 15.8. The molecule has 2 aromatic carbocycles. The minimum Gasteiger partial charge on any atom is -0.497 e. The van der Waals surface area contributed by atoms with Gasteiger partial charge in [-0.2, -0.15) is 0 Å². The van der Waals surface area contributed by atoms with E-state index in [0.717, 1.165) is 54.3 Å². The summed E-state index contributed by atoms with van der Waals surface area (Å²) in [5.74, 6) is 0.573. The van der Waals surface area contributed by atoms with Crippen molar-refractivity contribution in [2.45, 2.75) is 0 Å². The Kier molecular flexibility index (Phi) is 5.88. The van der Waals surface area contributed by atoms with Crippen LogP contribution in [0, 0.1) is 0 Å². The van der Waals surface area contributed by atoms with Gasteiger partial charge in [0.25, 0.3) is 5.91 Å². The van der Waals surface area contributed by atoms with Gasteiger partial charge in [-0.05, 0) is 42.5 Å². The van der Waals surface area contributed by atoms with Crippen LogP contribution < -0.4 is 20.3 Å². The summed E-state index contributed by atoms with van der Waals surface area (Å²) in [4.78, 5) is 14.9. The number of benzene rings is 2. The predicted octanol–water partition coefficient (Wildman–Crippen LogP) is 3.53. The number of ether oxygens (including phenoxy) is 1. The fourth-order valence-electron chi connectivity index (χ4n) is 3.22. The molecule has 0 unspecified atom stereocenters. The van der Waals surface area contributed by atoms with Gasteiger partial charge in [-0.3, -0.25) is 4.79 Å². The summed E-state index contributed by atoms with van der Waals surface area (Å²) >= 11 is 0. The highest BCUT2D eigenvalue weighted by Gasteiger charge is 2.17. The first-order valence-electron chi connectivity index (χ1n) is 8.67. The molecule has 6 nitrogen and oxygen atoms in total. The van der Waals surface area contributed by atoms with E-state index in [1.807, 2.05) is 18.2 Å². The maximum atomic E-state index is 12.6. The molecule has 1 aliphatic rings. The summed E-state index contributed by atoms with van der Waals surface area (Å²) in [5, 5.41) is 7.32. The summed E-state index contributed by atoms with van der Waals surface area (Å²) in [6, 6.07) is 12.9. The van der Waals surface area contributed by atoms with Gasteiger partial charge in [-0.1, -0.05) is 0 Å². The zero-order valence-electron chi connectivity index (χ0n) is 15.0. The van der Waals surface area contributed by atoms with Gasteiger partial charge in [0.05, 0.1) is 19.1 Å². The Hall–Kier alpha value is -2.70. The molecule has 4 rings (SSSR count). The Morgan fingerprint density at radius 3 is 2.59 bits per heavy atom. The number of rotatable bonds is 4. The average molecular weight is 388 g/mol. The molecule has 1 saturated heterocycles. The standard InChI is InChI=1S/C20H21N3O3.ClH/c1-25-17-4-2-14(3-5-17)20(24)22-16-12-15-6-11-26-19(15)18(13-16)23-9-7-21-8-10-23;/h2-6,11-13,21H,7-10H2,1H3,(H,22,24);1H. The largest absolute Gasteiger partial charge is 0.497 e. The maximum absolute atomic E-state index is 12.6. The summed E-state index contributed by atoms with van der Waals surface area (Å²) in [6.07, 6.45) is 1.69. The van der Waals surface area contributed by atoms with Crippen LogP contribution in [-0.4, -0.2) is 39.2 Å². The van der Waals surface area contributed by atoms with Gasteiger partial charge >= 0.3 is 0 Å². The van der Waals surface area contributed by atoms with Crippen molar-refractivity contribution in [2.24, 2.45) is 0 Å². The van der Waals surface area contributed by atoms with Crippen LogP contribution in [0.3, 0.4) is 0 Å². The van der Waals surface area contributed by atoms with Crippen molar-refractivity contribution in [2.75, 3.05) is 43.5 Å². The zero-order chi connectivity index (χ0) is 17.9. The number of hydrogen-bond acceptors (Lipinski definition) is 5. The van der Waals surface area contributed by atoms with Crippen molar-refractivity contribution < 1.29 is 13.9 Å². The van der Waals surface area contributed by atoms with E-state index in [1.54, 1.807) is 37.6 Å². The number of piperazine rings is 1. The smallest absolute Gasteiger partial charge is 0.255 e. The van der Waals surface area contributed by atoms with Gasteiger partial charge in [-0.25, -0.2) is 0 Å². The quantitative estimate of drug-likeness (QED) is 0.717. The summed E-state index contributed by atoms with van der Waals surface area (Å²) in [5.41, 5.74) is 3.21. The second-order valence-corrected chi connectivity index (χ2v) is 6.25. The first-order valence-corrected chi connectivity index (χ1v) is 8.67. The van der Waals surface area contributed by atoms with Gasteiger partial charge in [0, 0.05) is 42.8 Å². The number of halogens is 1. The Labute approximate surface area is 163 Å². The lowest BCUT2D eigenvalue weighted by atomic mass is 10.1. The van der Waals surface area contributed by atoms with E-state index in [9.17, 15) is 4.79 Å². The van der Waals surface area contributed by atoms with Crippen LogP contribution in [0.5, 0.6) is 5.75 Å². The highest BCUT2D eigenvalue weighted by molar-refractivity contribution is 6.06. The number of fused-ring (bicyclic) bond motifs is 1. The Balaban J connectivity index is 0.00000210. The molecule has 3 aromatic rings. The fraction of sp³-hybridized carbons (Fsp3) is 0.250. The summed E-state index contributed by atoms with van der Waals surface area (Å²) in [7, 11) is 1.60. The summed E-state index contributed by atoms with van der Waals surface area (Å²) < 4.78 is 10.8. The lowest BCUT2D eigenvalue weighted by molar-refractivity contribution is 0.102. The molecular weight excluding hydrogens is 366 g/mol. The second-order valence-electron chi connectivity index (χ2n) is 6.25. The van der Waals surface area contributed by atoms with Crippen molar-refractivity contribution >= 4 is 40.7 Å². The van der Waals surface area contributed by atoms with Crippen molar-refractivity contribution in [3.63, 3.8) is 0 Å². The molecule has 27 heavy (non-hydrogen) atoms. The predicted molar refractivity (Wildman–Crippen MR) is 109 cm³/mol. The molecule has 1 amide bonds. The number of anilines is 2. The normalized spacial score (nSPS) is 13.9. The van der Waals surface area contributed by atoms with E-state index in [1.165, 1.54) is 0 Å². The van der Waals surface area contributed by atoms with Crippen LogP contribution in [0.1, 0.15) is 10.4 Å². The van der Waals surface area contributed by atoms with Gasteiger partial charge in [-0.15, -0.1) is 12.4 Å². The number of methoxy groups -OCH3 is 1. The lowest BCUT2D eigenvalue weighted by Gasteiger charge is -2.29. The Bertz CT molecular complexity index is 918. The molecule has 2 heterocycles. The molecule has 142 valence electrons. The van der Waals surface area contributed by atoms with Crippen molar-refractivity contribution in [3.05, 3.63) is 54.3 Å². The lowest BCUT2D eigenvalue weighted by Crippen LogP contribution is -2.43. The molecule has 2 N–H and O–H groups in total. The van der Waals surface area contributed by atoms with E-state index in [-0.39, 0.29) is 18.3 Å². The molecule has 0 saturated carbocycles. The molecular formula is C20H22ClN3O3. The van der Waals surface area contributed by atoms with E-state index >= 15 is 0 Å². The monoisotopic (exact) mass is 387 g/mol. The number of nitrogens with zero attached hydrogens (tertiary/aromatic N) is 1. The van der Waals surface area contributed by atoms with E-state index in [2.05, 4.69) is 15.5 Å². The van der Waals surface area contributed by atoms with Crippen LogP contribution in [0.4, 0.5) is 11.4 Å². The molecule has 0 bridgehead atoms. The fourth-order valence-corrected chi connectivity index (χ4v) is 3.22. The SMILES string of the molecule is COc1ccc(C(=O)Nc2cc(N3CCNCC3)c3occc3c2)cc1.Cl. The van der Waals surface area contributed by atoms with E-state index < -0.39 is 0 Å². The molecule has 7 heteroatoms. The van der Waals surface area contributed by atoms with Gasteiger partial charge in [0.1, 0.15) is 5.75 Å². The minimum atomic E-state index is -0.151. The summed E-state index contributed by atoms with van der Waals surface area (Å²) in [6.45, 7) is 3.69. The van der Waals surface area contributed by atoms with Crippen LogP contribution in [0.15, 0.2) is 53.1 Å². The maximum Gasteiger partial charge on any atom is 0.255 e. The number of nitrogens with one attached hydrogen (secondary N) is 2. The molecule has 0 radical (unpaired) electrons. The Morgan fingerprint density at radius 2 is 1.89 bits per heavy atom. The topological polar surface area (TPSA) is 66.7 Å². The van der Waals surface area contributed by atoms with E-state index in [4.69, 9.17) is 9.15 Å². The van der Waals surface area contributed by atoms with Crippen molar-refractivity contribution in [1.82, 2.24) is 5.32 Å². The number of carbonyl (C=O) groups excluding carboxylic acids is 1. The van der Waals surface area contributed by atoms with Crippen LogP contribution in [0.2, 0.25) is 0 Å². The number of amides is 1. The molecule has 1 aliphatic heterocycles. The second kappa shape index (κ2) is 8.33. The third-order valence-corrected chi connectivity index (χ3v) is 4.60. The molecule has 1 fully saturated rings. The number of carbonyl (C=O) groups is 1. The number of furan rings is 1.